The van der Waals surface area contributed by atoms with Gasteiger partial charge in [-0.2, -0.15) is 0 Å². The Bertz CT molecular complexity index is 386. The Balaban J connectivity index is 2.00. The molecule has 0 atom stereocenters. The molecule has 1 saturated carbocycles. The Morgan fingerprint density at radius 3 is 2.72 bits per heavy atom. The van der Waals surface area contributed by atoms with Crippen molar-refractivity contribution in [2.75, 3.05) is 0 Å². The van der Waals surface area contributed by atoms with Gasteiger partial charge in [-0.3, -0.25) is 0 Å². The fraction of sp³-hybridized carbons (Fsp3) is 0.600. The van der Waals surface area contributed by atoms with Crippen molar-refractivity contribution in [1.82, 2.24) is 5.32 Å². The standard InChI is InChI=1S/C15H22BrNO/c1-11(2)17-10-12-9-14(7-8-15(12)16)18-13-5-3-4-6-13/h7-9,11,13,17H,3-6,10H2,1-2H3. The van der Waals surface area contributed by atoms with Crippen LogP contribution in [0.5, 0.6) is 5.75 Å². The molecule has 0 radical (unpaired) electrons. The first kappa shape index (κ1) is 13.9. The van der Waals surface area contributed by atoms with Crippen molar-refractivity contribution >= 4 is 15.9 Å². The predicted molar refractivity (Wildman–Crippen MR) is 79.0 cm³/mol. The minimum atomic E-state index is 0.428. The van der Waals surface area contributed by atoms with Gasteiger partial charge >= 0.3 is 0 Å². The molecule has 1 fully saturated rings. The maximum Gasteiger partial charge on any atom is 0.120 e. The van der Waals surface area contributed by atoms with Crippen molar-refractivity contribution in [3.63, 3.8) is 0 Å². The average molecular weight is 312 g/mol. The molecule has 100 valence electrons. The third-order valence-corrected chi connectivity index (χ3v) is 4.10. The SMILES string of the molecule is CC(C)NCc1cc(OC2CCCC2)ccc1Br. The zero-order valence-corrected chi connectivity index (χ0v) is 12.8. The lowest BCUT2D eigenvalue weighted by molar-refractivity contribution is 0.210. The van der Waals surface area contributed by atoms with Gasteiger partial charge in [0.1, 0.15) is 5.75 Å². The Kier molecular flexibility index (Phi) is 5.07. The number of hydrogen-bond donors (Lipinski definition) is 1. The summed E-state index contributed by atoms with van der Waals surface area (Å²) in [5, 5.41) is 3.44. The van der Waals surface area contributed by atoms with Gasteiger partial charge in [-0.15, -0.1) is 0 Å². The van der Waals surface area contributed by atoms with E-state index in [-0.39, 0.29) is 0 Å². The molecule has 0 aliphatic heterocycles. The summed E-state index contributed by atoms with van der Waals surface area (Å²) in [6.45, 7) is 5.19. The van der Waals surface area contributed by atoms with E-state index in [1.807, 2.05) is 0 Å². The molecule has 18 heavy (non-hydrogen) atoms. The van der Waals surface area contributed by atoms with Gasteiger partial charge in [0.15, 0.2) is 0 Å². The molecule has 1 aromatic rings. The molecule has 0 aromatic heterocycles. The normalized spacial score (nSPS) is 16.4. The molecule has 0 unspecified atom stereocenters. The first-order valence-electron chi connectivity index (χ1n) is 6.83. The van der Waals surface area contributed by atoms with Crippen LogP contribution >= 0.6 is 15.9 Å². The average Bonchev–Trinajstić information content (AvgIpc) is 2.82. The zero-order valence-electron chi connectivity index (χ0n) is 11.2. The predicted octanol–water partition coefficient (Wildman–Crippen LogP) is 4.27. The topological polar surface area (TPSA) is 21.3 Å². The molecule has 0 saturated heterocycles. The second-order valence-electron chi connectivity index (χ2n) is 5.31. The molecular weight excluding hydrogens is 290 g/mol. The summed E-state index contributed by atoms with van der Waals surface area (Å²) < 4.78 is 7.18. The molecule has 1 N–H and O–H groups in total. The molecule has 1 aliphatic carbocycles. The van der Waals surface area contributed by atoms with Gasteiger partial charge in [-0.05, 0) is 49.4 Å². The van der Waals surface area contributed by atoms with Gasteiger partial charge < -0.3 is 10.1 Å². The molecule has 1 aliphatic rings. The van der Waals surface area contributed by atoms with Gasteiger partial charge in [0, 0.05) is 17.1 Å². The van der Waals surface area contributed by atoms with Gasteiger partial charge in [0.25, 0.3) is 0 Å². The monoisotopic (exact) mass is 311 g/mol. The summed E-state index contributed by atoms with van der Waals surface area (Å²) in [6, 6.07) is 6.79. The highest BCUT2D eigenvalue weighted by Gasteiger charge is 2.16. The van der Waals surface area contributed by atoms with Crippen LogP contribution in [0.15, 0.2) is 22.7 Å². The van der Waals surface area contributed by atoms with Crippen molar-refractivity contribution in [1.29, 1.82) is 0 Å². The molecule has 0 amide bonds. The van der Waals surface area contributed by atoms with Crippen LogP contribution in [0, 0.1) is 0 Å². The number of rotatable bonds is 5. The van der Waals surface area contributed by atoms with Crippen LogP contribution in [0.3, 0.4) is 0 Å². The summed E-state index contributed by atoms with van der Waals surface area (Å²) in [5.41, 5.74) is 1.26. The van der Waals surface area contributed by atoms with Gasteiger partial charge in [-0.25, -0.2) is 0 Å². The lowest BCUT2D eigenvalue weighted by Crippen LogP contribution is -2.22. The number of hydrogen-bond acceptors (Lipinski definition) is 2. The van der Waals surface area contributed by atoms with Gasteiger partial charge in [0.2, 0.25) is 0 Å². The molecule has 3 heteroatoms. The lowest BCUT2D eigenvalue weighted by Gasteiger charge is -2.15. The van der Waals surface area contributed by atoms with Crippen LogP contribution in [-0.4, -0.2) is 12.1 Å². The van der Waals surface area contributed by atoms with Crippen LogP contribution in [0.25, 0.3) is 0 Å². The Morgan fingerprint density at radius 2 is 2.06 bits per heavy atom. The van der Waals surface area contributed by atoms with E-state index in [0.29, 0.717) is 12.1 Å². The fourth-order valence-corrected chi connectivity index (χ4v) is 2.66. The molecule has 1 aromatic carbocycles. The van der Waals surface area contributed by atoms with Crippen molar-refractivity contribution in [3.8, 4) is 5.75 Å². The lowest BCUT2D eigenvalue weighted by atomic mass is 10.2. The van der Waals surface area contributed by atoms with Crippen molar-refractivity contribution < 1.29 is 4.74 Å². The number of ether oxygens (including phenoxy) is 1. The summed E-state index contributed by atoms with van der Waals surface area (Å²) in [5.74, 6) is 1.01. The highest BCUT2D eigenvalue weighted by atomic mass is 79.9. The molecule has 0 bridgehead atoms. The van der Waals surface area contributed by atoms with Crippen LogP contribution in [0.4, 0.5) is 0 Å². The third kappa shape index (κ3) is 3.99. The van der Waals surface area contributed by atoms with E-state index in [2.05, 4.69) is 53.3 Å². The summed E-state index contributed by atoms with van der Waals surface area (Å²) in [6.07, 6.45) is 5.45. The Labute approximate surface area is 118 Å². The molecule has 0 spiro atoms. The molecule has 2 rings (SSSR count). The van der Waals surface area contributed by atoms with E-state index >= 15 is 0 Å². The minimum Gasteiger partial charge on any atom is -0.490 e. The van der Waals surface area contributed by atoms with Crippen molar-refractivity contribution in [2.24, 2.45) is 0 Å². The van der Waals surface area contributed by atoms with E-state index in [0.717, 1.165) is 16.8 Å². The highest BCUT2D eigenvalue weighted by Crippen LogP contribution is 2.27. The molecule has 2 nitrogen and oxygen atoms in total. The first-order valence-corrected chi connectivity index (χ1v) is 7.63. The highest BCUT2D eigenvalue weighted by molar-refractivity contribution is 9.10. The first-order chi connectivity index (χ1) is 8.65. The second kappa shape index (κ2) is 6.58. The zero-order chi connectivity index (χ0) is 13.0. The Morgan fingerprint density at radius 1 is 1.33 bits per heavy atom. The van der Waals surface area contributed by atoms with E-state index in [9.17, 15) is 0 Å². The second-order valence-corrected chi connectivity index (χ2v) is 6.17. The molecular formula is C15H22BrNO. The van der Waals surface area contributed by atoms with E-state index in [1.165, 1.54) is 31.2 Å². The van der Waals surface area contributed by atoms with Crippen LogP contribution in [-0.2, 0) is 6.54 Å². The summed E-state index contributed by atoms with van der Waals surface area (Å²) in [7, 11) is 0. The number of nitrogens with one attached hydrogen (secondary N) is 1. The smallest absolute Gasteiger partial charge is 0.120 e. The van der Waals surface area contributed by atoms with Gasteiger partial charge in [-0.1, -0.05) is 29.8 Å². The quantitative estimate of drug-likeness (QED) is 0.877. The fourth-order valence-electron chi connectivity index (χ4n) is 2.27. The Hall–Kier alpha value is -0.540. The third-order valence-electron chi connectivity index (χ3n) is 3.32. The summed E-state index contributed by atoms with van der Waals surface area (Å²) in [4.78, 5) is 0. The number of benzene rings is 1. The maximum atomic E-state index is 6.03. The summed E-state index contributed by atoms with van der Waals surface area (Å²) >= 11 is 3.60. The van der Waals surface area contributed by atoms with Gasteiger partial charge in [0.05, 0.1) is 6.10 Å². The largest absolute Gasteiger partial charge is 0.490 e. The van der Waals surface area contributed by atoms with E-state index < -0.39 is 0 Å². The van der Waals surface area contributed by atoms with Crippen LogP contribution in [0.2, 0.25) is 0 Å². The van der Waals surface area contributed by atoms with Crippen molar-refractivity contribution in [2.45, 2.75) is 58.2 Å². The van der Waals surface area contributed by atoms with E-state index in [1.54, 1.807) is 0 Å². The number of halogens is 1. The van der Waals surface area contributed by atoms with E-state index in [4.69, 9.17) is 4.74 Å². The van der Waals surface area contributed by atoms with Crippen LogP contribution in [0.1, 0.15) is 45.1 Å². The minimum absolute atomic E-state index is 0.428. The van der Waals surface area contributed by atoms with Crippen molar-refractivity contribution in [3.05, 3.63) is 28.2 Å². The molecule has 0 heterocycles. The van der Waals surface area contributed by atoms with Crippen LogP contribution < -0.4 is 10.1 Å². The maximum absolute atomic E-state index is 6.03.